The van der Waals surface area contributed by atoms with Crippen molar-refractivity contribution in [2.24, 2.45) is 11.8 Å². The van der Waals surface area contributed by atoms with E-state index in [1.165, 1.54) is 85.3 Å². The van der Waals surface area contributed by atoms with E-state index in [-0.39, 0.29) is 0 Å². The van der Waals surface area contributed by atoms with Gasteiger partial charge in [-0.1, -0.05) is 82.2 Å². The molecule has 0 saturated heterocycles. The maximum absolute atomic E-state index is 2.44. The molecule has 130 valence electrons. The molecule has 0 nitrogen and oxygen atoms in total. The van der Waals surface area contributed by atoms with Crippen molar-refractivity contribution in [2.45, 2.75) is 78.6 Å². The van der Waals surface area contributed by atoms with E-state index >= 15 is 0 Å². The van der Waals surface area contributed by atoms with Crippen LogP contribution in [0.25, 0.3) is 10.8 Å². The smallest absolute Gasteiger partial charge is 0.0178 e. The molecule has 2 aromatic carbocycles. The Hall–Kier alpha value is -1.30. The molecule has 24 heavy (non-hydrogen) atoms. The van der Waals surface area contributed by atoms with Crippen LogP contribution in [0.1, 0.15) is 75.0 Å². The average Bonchev–Trinajstić information content (AvgIpc) is 2.60. The highest BCUT2D eigenvalue weighted by molar-refractivity contribution is 5.84. The summed E-state index contributed by atoms with van der Waals surface area (Å²) in [6.07, 6.45) is 12.8. The van der Waals surface area contributed by atoms with Gasteiger partial charge in [-0.15, -0.1) is 0 Å². The second kappa shape index (κ2) is 8.19. The lowest BCUT2D eigenvalue weighted by molar-refractivity contribution is 0.223. The number of hydrogen-bond donors (Lipinski definition) is 0. The van der Waals surface area contributed by atoms with E-state index in [9.17, 15) is 0 Å². The third kappa shape index (κ3) is 4.21. The van der Waals surface area contributed by atoms with Gasteiger partial charge in [0.15, 0.2) is 0 Å². The minimum Gasteiger partial charge on any atom is -0.0654 e. The lowest BCUT2D eigenvalue weighted by Crippen LogP contribution is -2.18. The van der Waals surface area contributed by atoms with Gasteiger partial charge in [-0.25, -0.2) is 0 Å². The molecule has 0 heteroatoms. The standard InChI is InChI=1S/C24H34/c1-4-8-21(22-9-6-5-7-10-22)13-11-20-12-14-23-15-18(2)19(3)16-24(23)17-20/h12,14-17,21-22H,4-11,13H2,1-3H3. The minimum absolute atomic E-state index is 0.950. The summed E-state index contributed by atoms with van der Waals surface area (Å²) in [6.45, 7) is 6.79. The predicted molar refractivity (Wildman–Crippen MR) is 107 cm³/mol. The number of hydrogen-bond acceptors (Lipinski definition) is 0. The van der Waals surface area contributed by atoms with Gasteiger partial charge in [-0.3, -0.25) is 0 Å². The van der Waals surface area contributed by atoms with Crippen molar-refractivity contribution in [3.8, 4) is 0 Å². The number of aryl methyl sites for hydroxylation is 3. The van der Waals surface area contributed by atoms with E-state index in [0.717, 1.165) is 11.8 Å². The fraction of sp³-hybridized carbons (Fsp3) is 0.583. The van der Waals surface area contributed by atoms with Gasteiger partial charge in [0.05, 0.1) is 0 Å². The van der Waals surface area contributed by atoms with Crippen LogP contribution in [0.5, 0.6) is 0 Å². The van der Waals surface area contributed by atoms with Gasteiger partial charge in [-0.2, -0.15) is 0 Å². The molecule has 3 rings (SSSR count). The zero-order chi connectivity index (χ0) is 16.9. The maximum atomic E-state index is 2.44. The number of fused-ring (bicyclic) bond motifs is 1. The molecule has 0 heterocycles. The number of benzene rings is 2. The van der Waals surface area contributed by atoms with Crippen molar-refractivity contribution in [1.82, 2.24) is 0 Å². The quantitative estimate of drug-likeness (QED) is 0.520. The van der Waals surface area contributed by atoms with Gasteiger partial charge >= 0.3 is 0 Å². The average molecular weight is 323 g/mol. The van der Waals surface area contributed by atoms with Crippen LogP contribution in [0, 0.1) is 25.7 Å². The second-order valence-corrected chi connectivity index (χ2v) is 8.10. The van der Waals surface area contributed by atoms with Crippen molar-refractivity contribution < 1.29 is 0 Å². The third-order valence-electron chi connectivity index (χ3n) is 6.30. The summed E-state index contributed by atoms with van der Waals surface area (Å²) in [5.74, 6) is 1.95. The highest BCUT2D eigenvalue weighted by Crippen LogP contribution is 2.35. The second-order valence-electron chi connectivity index (χ2n) is 8.10. The molecule has 0 amide bonds. The van der Waals surface area contributed by atoms with Crippen molar-refractivity contribution in [3.05, 3.63) is 47.0 Å². The molecule has 0 radical (unpaired) electrons. The molecular weight excluding hydrogens is 288 g/mol. The highest BCUT2D eigenvalue weighted by Gasteiger charge is 2.22. The zero-order valence-electron chi connectivity index (χ0n) is 15.9. The van der Waals surface area contributed by atoms with Crippen molar-refractivity contribution >= 4 is 10.8 Å². The molecule has 1 aliphatic carbocycles. The Bertz CT molecular complexity index is 661. The monoisotopic (exact) mass is 322 g/mol. The fourth-order valence-electron chi connectivity index (χ4n) is 4.67. The van der Waals surface area contributed by atoms with E-state index in [4.69, 9.17) is 0 Å². The van der Waals surface area contributed by atoms with Gasteiger partial charge in [0.25, 0.3) is 0 Å². The zero-order valence-corrected chi connectivity index (χ0v) is 15.9. The first-order valence-electron chi connectivity index (χ1n) is 10.2. The molecule has 0 bridgehead atoms. The summed E-state index contributed by atoms with van der Waals surface area (Å²) >= 11 is 0. The Labute approximate surface area is 148 Å². The first-order valence-corrected chi connectivity index (χ1v) is 10.2. The van der Waals surface area contributed by atoms with Crippen LogP contribution in [-0.2, 0) is 6.42 Å². The van der Waals surface area contributed by atoms with E-state index in [2.05, 4.69) is 51.1 Å². The van der Waals surface area contributed by atoms with E-state index in [1.54, 1.807) is 0 Å². The van der Waals surface area contributed by atoms with Crippen molar-refractivity contribution in [3.63, 3.8) is 0 Å². The minimum atomic E-state index is 0.950. The molecule has 0 aromatic heterocycles. The van der Waals surface area contributed by atoms with Gasteiger partial charge in [0, 0.05) is 0 Å². The van der Waals surface area contributed by atoms with Crippen LogP contribution in [0.3, 0.4) is 0 Å². The normalized spacial score (nSPS) is 17.3. The number of rotatable bonds is 6. The van der Waals surface area contributed by atoms with Crippen molar-refractivity contribution in [1.29, 1.82) is 0 Å². The van der Waals surface area contributed by atoms with Crippen LogP contribution < -0.4 is 0 Å². The summed E-state index contributed by atoms with van der Waals surface area (Å²) in [5, 5.41) is 2.81. The maximum Gasteiger partial charge on any atom is -0.0178 e. The van der Waals surface area contributed by atoms with Crippen LogP contribution >= 0.6 is 0 Å². The molecule has 1 unspecified atom stereocenters. The topological polar surface area (TPSA) is 0 Å². The fourth-order valence-corrected chi connectivity index (χ4v) is 4.67. The van der Waals surface area contributed by atoms with E-state index < -0.39 is 0 Å². The summed E-state index contributed by atoms with van der Waals surface area (Å²) in [5.41, 5.74) is 4.34. The summed E-state index contributed by atoms with van der Waals surface area (Å²) in [7, 11) is 0. The van der Waals surface area contributed by atoms with Gasteiger partial charge in [-0.05, 0) is 66.0 Å². The summed E-state index contributed by atoms with van der Waals surface area (Å²) in [6, 6.07) is 11.8. The Morgan fingerprint density at radius 3 is 2.29 bits per heavy atom. The van der Waals surface area contributed by atoms with E-state index in [0.29, 0.717) is 0 Å². The SMILES string of the molecule is CCCC(CCc1ccc2cc(C)c(C)cc2c1)C1CCCCC1. The van der Waals surface area contributed by atoms with Gasteiger partial charge in [0.2, 0.25) is 0 Å². The summed E-state index contributed by atoms with van der Waals surface area (Å²) in [4.78, 5) is 0. The van der Waals surface area contributed by atoms with Crippen LogP contribution in [0.15, 0.2) is 30.3 Å². The summed E-state index contributed by atoms with van der Waals surface area (Å²) < 4.78 is 0. The third-order valence-corrected chi connectivity index (χ3v) is 6.30. The van der Waals surface area contributed by atoms with Gasteiger partial charge < -0.3 is 0 Å². The molecule has 1 atom stereocenters. The highest BCUT2D eigenvalue weighted by atomic mass is 14.3. The van der Waals surface area contributed by atoms with Crippen molar-refractivity contribution in [2.75, 3.05) is 0 Å². The Kier molecular flexibility index (Phi) is 5.98. The van der Waals surface area contributed by atoms with Crippen LogP contribution in [0.2, 0.25) is 0 Å². The predicted octanol–water partition coefficient (Wildman–Crippen LogP) is 7.39. The van der Waals surface area contributed by atoms with E-state index in [1.807, 2.05) is 0 Å². The molecule has 1 saturated carbocycles. The molecule has 0 N–H and O–H groups in total. The Morgan fingerprint density at radius 1 is 0.875 bits per heavy atom. The largest absolute Gasteiger partial charge is 0.0654 e. The molecule has 2 aromatic rings. The lowest BCUT2D eigenvalue weighted by atomic mass is 9.76. The molecule has 1 fully saturated rings. The Morgan fingerprint density at radius 2 is 1.58 bits per heavy atom. The van der Waals surface area contributed by atoms with Gasteiger partial charge in [0.1, 0.15) is 0 Å². The first-order chi connectivity index (χ1) is 11.7. The molecule has 0 aliphatic heterocycles. The first kappa shape index (κ1) is 17.5. The van der Waals surface area contributed by atoms with Crippen LogP contribution in [0.4, 0.5) is 0 Å². The Balaban J connectivity index is 1.69. The van der Waals surface area contributed by atoms with Crippen LogP contribution in [-0.4, -0.2) is 0 Å². The lowest BCUT2D eigenvalue weighted by Gasteiger charge is -2.30. The molecule has 0 spiro atoms. The molecular formula is C24H34. The molecule has 1 aliphatic rings.